The van der Waals surface area contributed by atoms with E-state index in [2.05, 4.69) is 15.1 Å². The van der Waals surface area contributed by atoms with Gasteiger partial charge in [-0.25, -0.2) is 0 Å². The highest BCUT2D eigenvalue weighted by Gasteiger charge is 2.17. The van der Waals surface area contributed by atoms with E-state index in [1.807, 2.05) is 56.3 Å². The van der Waals surface area contributed by atoms with E-state index >= 15 is 0 Å². The molecule has 0 amide bonds. The van der Waals surface area contributed by atoms with Gasteiger partial charge in [0.25, 0.3) is 5.89 Å². The van der Waals surface area contributed by atoms with Crippen LogP contribution in [-0.2, 0) is 0 Å². The lowest BCUT2D eigenvalue weighted by Gasteiger charge is -2.10. The fourth-order valence-corrected chi connectivity index (χ4v) is 1.94. The van der Waals surface area contributed by atoms with Crippen LogP contribution >= 0.6 is 0 Å². The first kappa shape index (κ1) is 13.3. The topological polar surface area (TPSA) is 61.0 Å². The Kier molecular flexibility index (Phi) is 3.64. The summed E-state index contributed by atoms with van der Waals surface area (Å²) in [4.78, 5) is 8.53. The molecule has 2 aromatic heterocycles. The third-order valence-corrected chi connectivity index (χ3v) is 2.99. The Labute approximate surface area is 122 Å². The summed E-state index contributed by atoms with van der Waals surface area (Å²) in [5.74, 6) is 1.67. The van der Waals surface area contributed by atoms with Crippen LogP contribution in [0.2, 0.25) is 0 Å². The summed E-state index contributed by atoms with van der Waals surface area (Å²) >= 11 is 0. The minimum absolute atomic E-state index is 0.322. The second-order valence-electron chi connectivity index (χ2n) is 4.75. The second-order valence-corrected chi connectivity index (χ2v) is 4.75. The third kappa shape index (κ3) is 3.08. The van der Waals surface area contributed by atoms with Gasteiger partial charge in [0.2, 0.25) is 5.82 Å². The minimum atomic E-state index is -0.322. The number of benzene rings is 1. The van der Waals surface area contributed by atoms with Crippen LogP contribution < -0.4 is 4.74 Å². The van der Waals surface area contributed by atoms with Gasteiger partial charge < -0.3 is 9.26 Å². The molecule has 0 spiro atoms. The van der Waals surface area contributed by atoms with Crippen molar-refractivity contribution in [1.82, 2.24) is 15.1 Å². The summed E-state index contributed by atoms with van der Waals surface area (Å²) in [6.07, 6.45) is 1.37. The molecule has 1 atom stereocenters. The van der Waals surface area contributed by atoms with Crippen LogP contribution in [0.15, 0.2) is 53.2 Å². The normalized spacial score (nSPS) is 12.1. The van der Waals surface area contributed by atoms with Crippen molar-refractivity contribution in [3.8, 4) is 17.3 Å². The first-order valence-electron chi connectivity index (χ1n) is 6.71. The van der Waals surface area contributed by atoms with Crippen molar-refractivity contribution in [2.75, 3.05) is 0 Å². The van der Waals surface area contributed by atoms with Gasteiger partial charge in [-0.1, -0.05) is 23.4 Å². The summed E-state index contributed by atoms with van der Waals surface area (Å²) < 4.78 is 11.1. The van der Waals surface area contributed by atoms with Gasteiger partial charge in [0.15, 0.2) is 6.10 Å². The first-order chi connectivity index (χ1) is 10.2. The largest absolute Gasteiger partial charge is 0.481 e. The molecular formula is C16H15N3O2. The molecule has 3 aromatic rings. The van der Waals surface area contributed by atoms with Crippen LogP contribution in [0.3, 0.4) is 0 Å². The summed E-state index contributed by atoms with van der Waals surface area (Å²) in [7, 11) is 0. The highest BCUT2D eigenvalue weighted by atomic mass is 16.5. The molecule has 5 heteroatoms. The predicted molar refractivity (Wildman–Crippen MR) is 77.8 cm³/mol. The average molecular weight is 281 g/mol. The van der Waals surface area contributed by atoms with E-state index in [-0.39, 0.29) is 6.10 Å². The molecule has 106 valence electrons. The van der Waals surface area contributed by atoms with Crippen LogP contribution in [0.5, 0.6) is 5.75 Å². The number of nitrogens with zero attached hydrogens (tertiary/aromatic N) is 3. The Hall–Kier alpha value is -2.69. The van der Waals surface area contributed by atoms with E-state index < -0.39 is 0 Å². The maximum absolute atomic E-state index is 5.81. The minimum Gasteiger partial charge on any atom is -0.481 e. The molecule has 0 bridgehead atoms. The van der Waals surface area contributed by atoms with Crippen LogP contribution in [-0.4, -0.2) is 15.1 Å². The summed E-state index contributed by atoms with van der Waals surface area (Å²) in [6, 6.07) is 13.4. The molecule has 21 heavy (non-hydrogen) atoms. The van der Waals surface area contributed by atoms with Gasteiger partial charge in [-0.3, -0.25) is 4.98 Å². The van der Waals surface area contributed by atoms with Crippen LogP contribution in [0.25, 0.3) is 11.5 Å². The molecule has 1 aromatic carbocycles. The molecule has 0 aliphatic heterocycles. The van der Waals surface area contributed by atoms with Crippen molar-refractivity contribution in [2.45, 2.75) is 20.0 Å². The molecule has 0 radical (unpaired) electrons. The lowest BCUT2D eigenvalue weighted by Crippen LogP contribution is -2.03. The van der Waals surface area contributed by atoms with Crippen molar-refractivity contribution >= 4 is 0 Å². The zero-order valence-electron chi connectivity index (χ0n) is 11.9. The predicted octanol–water partition coefficient (Wildman–Crippen LogP) is 3.58. The lowest BCUT2D eigenvalue weighted by molar-refractivity contribution is 0.175. The zero-order valence-corrected chi connectivity index (χ0v) is 11.9. The molecule has 0 aliphatic rings. The van der Waals surface area contributed by atoms with Gasteiger partial charge in [-0.15, -0.1) is 0 Å². The van der Waals surface area contributed by atoms with E-state index in [0.717, 1.165) is 11.3 Å². The Morgan fingerprint density at radius 2 is 2.05 bits per heavy atom. The smallest absolute Gasteiger partial charge is 0.267 e. The van der Waals surface area contributed by atoms with Crippen molar-refractivity contribution in [3.05, 3.63) is 60.1 Å². The zero-order chi connectivity index (χ0) is 14.7. The lowest BCUT2D eigenvalue weighted by atomic mass is 10.2. The quantitative estimate of drug-likeness (QED) is 0.731. The van der Waals surface area contributed by atoms with Gasteiger partial charge in [-0.05, 0) is 43.7 Å². The number of pyridine rings is 1. The number of aryl methyl sites for hydroxylation is 1. The molecule has 0 saturated carbocycles. The average Bonchev–Trinajstić information content (AvgIpc) is 2.98. The number of hydrogen-bond donors (Lipinski definition) is 0. The summed E-state index contributed by atoms with van der Waals surface area (Å²) in [6.45, 7) is 3.89. The van der Waals surface area contributed by atoms with Crippen LogP contribution in [0, 0.1) is 6.92 Å². The van der Waals surface area contributed by atoms with E-state index in [0.29, 0.717) is 17.4 Å². The van der Waals surface area contributed by atoms with Crippen molar-refractivity contribution in [1.29, 1.82) is 0 Å². The molecule has 0 fully saturated rings. The van der Waals surface area contributed by atoms with Gasteiger partial charge in [0, 0.05) is 6.20 Å². The SMILES string of the molecule is Cc1cccc(O[C@@H](C)c2nc(-c3ccccn3)no2)c1. The molecule has 0 saturated heterocycles. The van der Waals surface area contributed by atoms with E-state index in [1.54, 1.807) is 6.20 Å². The fraction of sp³-hybridized carbons (Fsp3) is 0.188. The summed E-state index contributed by atoms with van der Waals surface area (Å²) in [5.41, 5.74) is 1.81. The molecule has 2 heterocycles. The number of aromatic nitrogens is 3. The Balaban J connectivity index is 1.77. The first-order valence-corrected chi connectivity index (χ1v) is 6.71. The van der Waals surface area contributed by atoms with Gasteiger partial charge >= 0.3 is 0 Å². The van der Waals surface area contributed by atoms with E-state index in [1.165, 1.54) is 0 Å². The van der Waals surface area contributed by atoms with Crippen LogP contribution in [0.4, 0.5) is 0 Å². The van der Waals surface area contributed by atoms with Gasteiger partial charge in [0.05, 0.1) is 0 Å². The Morgan fingerprint density at radius 1 is 1.14 bits per heavy atom. The molecule has 3 rings (SSSR count). The number of rotatable bonds is 4. The maximum Gasteiger partial charge on any atom is 0.267 e. The second kappa shape index (κ2) is 5.75. The van der Waals surface area contributed by atoms with Crippen molar-refractivity contribution in [2.24, 2.45) is 0 Å². The Morgan fingerprint density at radius 3 is 2.81 bits per heavy atom. The highest BCUT2D eigenvalue weighted by Crippen LogP contribution is 2.23. The molecule has 0 aliphatic carbocycles. The van der Waals surface area contributed by atoms with Crippen LogP contribution in [0.1, 0.15) is 24.5 Å². The molecule has 5 nitrogen and oxygen atoms in total. The third-order valence-electron chi connectivity index (χ3n) is 2.99. The molecular weight excluding hydrogens is 266 g/mol. The molecule has 0 N–H and O–H groups in total. The highest BCUT2D eigenvalue weighted by molar-refractivity contribution is 5.47. The number of ether oxygens (including phenoxy) is 1. The van der Waals surface area contributed by atoms with E-state index in [4.69, 9.17) is 9.26 Å². The molecule has 0 unspecified atom stereocenters. The fourth-order valence-electron chi connectivity index (χ4n) is 1.94. The maximum atomic E-state index is 5.81. The number of hydrogen-bond acceptors (Lipinski definition) is 5. The van der Waals surface area contributed by atoms with Gasteiger partial charge in [-0.2, -0.15) is 4.98 Å². The van der Waals surface area contributed by atoms with E-state index in [9.17, 15) is 0 Å². The Bertz CT molecular complexity index is 725. The van der Waals surface area contributed by atoms with Gasteiger partial charge in [0.1, 0.15) is 11.4 Å². The van der Waals surface area contributed by atoms with Crippen molar-refractivity contribution < 1.29 is 9.26 Å². The van der Waals surface area contributed by atoms with Crippen molar-refractivity contribution in [3.63, 3.8) is 0 Å². The summed E-state index contributed by atoms with van der Waals surface area (Å²) in [5, 5.41) is 3.94. The standard InChI is InChI=1S/C16H15N3O2/c1-11-6-5-7-13(10-11)20-12(2)16-18-15(19-21-16)14-8-3-4-9-17-14/h3-10,12H,1-2H3/t12-/m0/s1. The monoisotopic (exact) mass is 281 g/mol.